The quantitative estimate of drug-likeness (QED) is 0.572. The number of hydrogen-bond donors (Lipinski definition) is 0. The Hall–Kier alpha value is -2.14. The molecule has 2 heterocycles. The lowest BCUT2D eigenvalue weighted by atomic mass is 10.3. The van der Waals surface area contributed by atoms with E-state index >= 15 is 0 Å². The molecular formula is C17H18N2O2S. The molecule has 2 aromatic heterocycles. The van der Waals surface area contributed by atoms with Gasteiger partial charge in [-0.2, -0.15) is 0 Å². The van der Waals surface area contributed by atoms with Crippen molar-refractivity contribution >= 4 is 21.6 Å². The van der Waals surface area contributed by atoms with E-state index in [2.05, 4.69) is 16.9 Å². The third-order valence-corrected chi connectivity index (χ3v) is 4.10. The molecule has 0 saturated carbocycles. The van der Waals surface area contributed by atoms with Gasteiger partial charge in [0.1, 0.15) is 22.7 Å². The minimum Gasteiger partial charge on any atom is -0.494 e. The number of benzene rings is 1. The number of rotatable bonds is 7. The SMILES string of the molecule is CCCCCOc1ccc(Oc2ncnc3sccc23)cc1. The van der Waals surface area contributed by atoms with Gasteiger partial charge in [-0.3, -0.25) is 0 Å². The highest BCUT2D eigenvalue weighted by Gasteiger charge is 2.07. The molecule has 0 aliphatic rings. The van der Waals surface area contributed by atoms with Crippen LogP contribution in [0.5, 0.6) is 17.4 Å². The molecule has 0 bridgehead atoms. The van der Waals surface area contributed by atoms with Crippen LogP contribution in [0.15, 0.2) is 42.0 Å². The fourth-order valence-electron chi connectivity index (χ4n) is 2.11. The van der Waals surface area contributed by atoms with Crippen molar-refractivity contribution in [3.63, 3.8) is 0 Å². The molecule has 0 radical (unpaired) electrons. The van der Waals surface area contributed by atoms with Gasteiger partial charge in [-0.1, -0.05) is 19.8 Å². The maximum absolute atomic E-state index is 5.85. The minimum atomic E-state index is 0.586. The molecule has 0 amide bonds. The van der Waals surface area contributed by atoms with Crippen LogP contribution in [0.4, 0.5) is 0 Å². The molecule has 0 unspecified atom stereocenters. The molecule has 4 nitrogen and oxygen atoms in total. The summed E-state index contributed by atoms with van der Waals surface area (Å²) in [5, 5.41) is 2.92. The summed E-state index contributed by atoms with van der Waals surface area (Å²) >= 11 is 1.58. The first kappa shape index (κ1) is 14.8. The number of thiophene rings is 1. The average Bonchev–Trinajstić information content (AvgIpc) is 3.03. The van der Waals surface area contributed by atoms with Crippen LogP contribution in [-0.2, 0) is 0 Å². The molecule has 0 saturated heterocycles. The predicted octanol–water partition coefficient (Wildman–Crippen LogP) is 5.05. The highest BCUT2D eigenvalue weighted by Crippen LogP contribution is 2.30. The van der Waals surface area contributed by atoms with Gasteiger partial charge in [0.25, 0.3) is 0 Å². The van der Waals surface area contributed by atoms with Crippen LogP contribution in [0, 0.1) is 0 Å². The third kappa shape index (κ3) is 3.54. The first-order valence-corrected chi connectivity index (χ1v) is 8.33. The van der Waals surface area contributed by atoms with E-state index in [1.807, 2.05) is 35.7 Å². The van der Waals surface area contributed by atoms with Gasteiger partial charge < -0.3 is 9.47 Å². The Morgan fingerprint density at radius 2 is 1.82 bits per heavy atom. The van der Waals surface area contributed by atoms with Crippen LogP contribution in [0.25, 0.3) is 10.2 Å². The lowest BCUT2D eigenvalue weighted by molar-refractivity contribution is 0.306. The normalized spacial score (nSPS) is 10.8. The zero-order valence-electron chi connectivity index (χ0n) is 12.5. The monoisotopic (exact) mass is 314 g/mol. The van der Waals surface area contributed by atoms with Crippen LogP contribution < -0.4 is 9.47 Å². The second-order valence-electron chi connectivity index (χ2n) is 4.95. The molecule has 0 aliphatic carbocycles. The van der Waals surface area contributed by atoms with Crippen molar-refractivity contribution < 1.29 is 9.47 Å². The number of nitrogens with zero attached hydrogens (tertiary/aromatic N) is 2. The second-order valence-corrected chi connectivity index (χ2v) is 5.84. The minimum absolute atomic E-state index is 0.586. The van der Waals surface area contributed by atoms with Crippen molar-refractivity contribution in [2.45, 2.75) is 26.2 Å². The lowest BCUT2D eigenvalue weighted by Gasteiger charge is -2.08. The van der Waals surface area contributed by atoms with Crippen molar-refractivity contribution in [3.8, 4) is 17.4 Å². The molecule has 0 aliphatic heterocycles. The van der Waals surface area contributed by atoms with E-state index in [4.69, 9.17) is 9.47 Å². The zero-order chi connectivity index (χ0) is 15.2. The Labute approximate surface area is 133 Å². The lowest BCUT2D eigenvalue weighted by Crippen LogP contribution is -1.96. The van der Waals surface area contributed by atoms with E-state index in [1.165, 1.54) is 19.2 Å². The van der Waals surface area contributed by atoms with Crippen molar-refractivity contribution in [1.82, 2.24) is 9.97 Å². The first-order valence-electron chi connectivity index (χ1n) is 7.45. The van der Waals surface area contributed by atoms with Crippen molar-refractivity contribution in [2.24, 2.45) is 0 Å². The Bertz CT molecular complexity index is 725. The van der Waals surface area contributed by atoms with E-state index in [9.17, 15) is 0 Å². The van der Waals surface area contributed by atoms with E-state index in [0.29, 0.717) is 5.88 Å². The molecule has 0 N–H and O–H groups in total. The Morgan fingerprint density at radius 1 is 1.00 bits per heavy atom. The summed E-state index contributed by atoms with van der Waals surface area (Å²) in [6.07, 6.45) is 5.02. The van der Waals surface area contributed by atoms with E-state index in [0.717, 1.165) is 34.7 Å². The number of hydrogen-bond acceptors (Lipinski definition) is 5. The van der Waals surface area contributed by atoms with Crippen LogP contribution >= 0.6 is 11.3 Å². The molecule has 3 rings (SSSR count). The summed E-state index contributed by atoms with van der Waals surface area (Å²) in [7, 11) is 0. The first-order chi connectivity index (χ1) is 10.9. The fourth-order valence-corrected chi connectivity index (χ4v) is 2.83. The molecule has 5 heteroatoms. The smallest absolute Gasteiger partial charge is 0.231 e. The van der Waals surface area contributed by atoms with Crippen molar-refractivity contribution in [2.75, 3.05) is 6.61 Å². The summed E-state index contributed by atoms with van der Waals surface area (Å²) in [6.45, 7) is 2.94. The topological polar surface area (TPSA) is 44.2 Å². The highest BCUT2D eigenvalue weighted by molar-refractivity contribution is 7.16. The van der Waals surface area contributed by atoms with E-state index < -0.39 is 0 Å². The summed E-state index contributed by atoms with van der Waals surface area (Å²) in [4.78, 5) is 9.35. The molecule has 3 aromatic rings. The molecule has 0 fully saturated rings. The largest absolute Gasteiger partial charge is 0.494 e. The number of unbranched alkanes of at least 4 members (excludes halogenated alkanes) is 2. The summed E-state index contributed by atoms with van der Waals surface area (Å²) in [5.74, 6) is 2.20. The van der Waals surface area contributed by atoms with Crippen molar-refractivity contribution in [1.29, 1.82) is 0 Å². The van der Waals surface area contributed by atoms with Crippen molar-refractivity contribution in [3.05, 3.63) is 42.0 Å². The van der Waals surface area contributed by atoms with Crippen LogP contribution in [0.2, 0.25) is 0 Å². The molecule has 1 aromatic carbocycles. The third-order valence-electron chi connectivity index (χ3n) is 3.28. The van der Waals surface area contributed by atoms with Gasteiger partial charge in [-0.15, -0.1) is 11.3 Å². The second kappa shape index (κ2) is 7.22. The van der Waals surface area contributed by atoms with Crippen LogP contribution in [0.1, 0.15) is 26.2 Å². The predicted molar refractivity (Wildman–Crippen MR) is 89.0 cm³/mol. The summed E-state index contributed by atoms with van der Waals surface area (Å²) < 4.78 is 11.5. The maximum Gasteiger partial charge on any atom is 0.231 e. The number of aromatic nitrogens is 2. The van der Waals surface area contributed by atoms with Gasteiger partial charge in [0.05, 0.1) is 12.0 Å². The van der Waals surface area contributed by atoms with Gasteiger partial charge in [0.15, 0.2) is 0 Å². The molecule has 114 valence electrons. The van der Waals surface area contributed by atoms with Gasteiger partial charge in [-0.25, -0.2) is 9.97 Å². The molecule has 0 spiro atoms. The van der Waals surface area contributed by atoms with Gasteiger partial charge in [0, 0.05) is 0 Å². The van der Waals surface area contributed by atoms with Gasteiger partial charge >= 0.3 is 0 Å². The highest BCUT2D eigenvalue weighted by atomic mass is 32.1. The van der Waals surface area contributed by atoms with E-state index in [-0.39, 0.29) is 0 Å². The fraction of sp³-hybridized carbons (Fsp3) is 0.294. The van der Waals surface area contributed by atoms with Gasteiger partial charge in [-0.05, 0) is 42.1 Å². The Balaban J connectivity index is 1.65. The maximum atomic E-state index is 5.85. The molecule has 22 heavy (non-hydrogen) atoms. The number of fused-ring (bicyclic) bond motifs is 1. The summed E-state index contributed by atoms with van der Waals surface area (Å²) in [6, 6.07) is 9.62. The summed E-state index contributed by atoms with van der Waals surface area (Å²) in [5.41, 5.74) is 0. The van der Waals surface area contributed by atoms with E-state index in [1.54, 1.807) is 11.3 Å². The zero-order valence-corrected chi connectivity index (χ0v) is 13.3. The Morgan fingerprint density at radius 3 is 2.64 bits per heavy atom. The average molecular weight is 314 g/mol. The molecule has 0 atom stereocenters. The van der Waals surface area contributed by atoms with Gasteiger partial charge in [0.2, 0.25) is 5.88 Å². The Kier molecular flexibility index (Phi) is 4.85. The van der Waals surface area contributed by atoms with Crippen LogP contribution in [0.3, 0.4) is 0 Å². The van der Waals surface area contributed by atoms with Crippen LogP contribution in [-0.4, -0.2) is 16.6 Å². The standard InChI is InChI=1S/C17H18N2O2S/c1-2-3-4-10-20-13-5-7-14(8-6-13)21-16-15-9-11-22-17(15)19-12-18-16/h5-9,11-12H,2-4,10H2,1H3. The number of ether oxygens (including phenoxy) is 2. The molecular weight excluding hydrogens is 296 g/mol.